The van der Waals surface area contributed by atoms with Crippen LogP contribution in [0.15, 0.2) is 24.3 Å². The van der Waals surface area contributed by atoms with E-state index >= 15 is 0 Å². The Morgan fingerprint density at radius 1 is 1.42 bits per heavy atom. The summed E-state index contributed by atoms with van der Waals surface area (Å²) in [5.41, 5.74) is 1.84. The first-order chi connectivity index (χ1) is 5.86. The van der Waals surface area contributed by atoms with Crippen LogP contribution in [-0.4, -0.2) is 7.11 Å². The molecule has 0 amide bonds. The van der Waals surface area contributed by atoms with Crippen molar-refractivity contribution < 1.29 is 4.74 Å². The van der Waals surface area contributed by atoms with Gasteiger partial charge in [0.05, 0.1) is 18.2 Å². The summed E-state index contributed by atoms with van der Waals surface area (Å²) in [5.74, 6) is 0. The molecule has 0 aliphatic heterocycles. The summed E-state index contributed by atoms with van der Waals surface area (Å²) < 4.78 is 4.81. The third-order valence-electron chi connectivity index (χ3n) is 1.57. The highest BCUT2D eigenvalue weighted by Crippen LogP contribution is 2.05. The summed E-state index contributed by atoms with van der Waals surface area (Å²) in [4.78, 5) is 0. The summed E-state index contributed by atoms with van der Waals surface area (Å²) in [7, 11) is 1.63. The molecule has 1 radical (unpaired) electrons. The van der Waals surface area contributed by atoms with Crippen LogP contribution in [0.4, 0.5) is 0 Å². The fourth-order valence-electron chi connectivity index (χ4n) is 0.895. The second-order valence-corrected chi connectivity index (χ2v) is 2.42. The van der Waals surface area contributed by atoms with Gasteiger partial charge in [0.15, 0.2) is 0 Å². The van der Waals surface area contributed by atoms with Gasteiger partial charge in [0.1, 0.15) is 0 Å². The number of hydrogen-bond acceptors (Lipinski definition) is 2. The average Bonchev–Trinajstić information content (AvgIpc) is 2.15. The third-order valence-corrected chi connectivity index (χ3v) is 1.57. The van der Waals surface area contributed by atoms with Crippen LogP contribution >= 0.6 is 0 Å². The van der Waals surface area contributed by atoms with Crippen molar-refractivity contribution >= 4 is 0 Å². The predicted molar refractivity (Wildman–Crippen MR) is 46.2 cm³/mol. The minimum Gasteiger partial charge on any atom is -0.378 e. The first-order valence-corrected chi connectivity index (χ1v) is 3.70. The second-order valence-electron chi connectivity index (χ2n) is 2.42. The van der Waals surface area contributed by atoms with E-state index in [9.17, 15) is 0 Å². The number of nitriles is 1. The lowest BCUT2D eigenvalue weighted by Gasteiger charge is -1.98. The Kier molecular flexibility index (Phi) is 3.31. The minimum atomic E-state index is 0.691. The van der Waals surface area contributed by atoms with Gasteiger partial charge in [0.25, 0.3) is 0 Å². The van der Waals surface area contributed by atoms with E-state index in [2.05, 4.69) is 6.07 Å². The molecule has 0 saturated carbocycles. The van der Waals surface area contributed by atoms with E-state index in [1.165, 1.54) is 0 Å². The van der Waals surface area contributed by atoms with E-state index in [1.54, 1.807) is 25.8 Å². The largest absolute Gasteiger partial charge is 0.378 e. The van der Waals surface area contributed by atoms with Crippen LogP contribution < -0.4 is 0 Å². The maximum absolute atomic E-state index is 8.52. The molecule has 0 aromatic heterocycles. The monoisotopic (exact) mass is 160 g/mol. The Bertz CT molecular complexity index is 271. The molecule has 0 fully saturated rings. The zero-order valence-corrected chi connectivity index (χ0v) is 6.95. The van der Waals surface area contributed by atoms with Gasteiger partial charge >= 0.3 is 0 Å². The van der Waals surface area contributed by atoms with E-state index in [1.807, 2.05) is 12.1 Å². The van der Waals surface area contributed by atoms with Crippen LogP contribution in [0.2, 0.25) is 0 Å². The molecule has 0 N–H and O–H groups in total. The van der Waals surface area contributed by atoms with Crippen molar-refractivity contribution in [2.75, 3.05) is 7.11 Å². The van der Waals surface area contributed by atoms with Crippen molar-refractivity contribution in [3.63, 3.8) is 0 Å². The zero-order chi connectivity index (χ0) is 8.81. The molecule has 0 heterocycles. The molecule has 61 valence electrons. The molecular weight excluding hydrogens is 150 g/mol. The van der Waals surface area contributed by atoms with Crippen molar-refractivity contribution in [2.24, 2.45) is 0 Å². The van der Waals surface area contributed by atoms with Gasteiger partial charge in [-0.15, -0.1) is 0 Å². The highest BCUT2D eigenvalue weighted by atomic mass is 16.5. The Balaban J connectivity index is 2.60. The number of benzene rings is 1. The summed E-state index contributed by atoms with van der Waals surface area (Å²) in [6, 6.07) is 9.53. The average molecular weight is 160 g/mol. The molecule has 0 spiro atoms. The van der Waals surface area contributed by atoms with Gasteiger partial charge in [-0.3, -0.25) is 0 Å². The van der Waals surface area contributed by atoms with E-state index in [0.29, 0.717) is 5.56 Å². The molecule has 0 bridgehead atoms. The second kappa shape index (κ2) is 4.53. The standard InChI is InChI=1S/C10H10NO/c1-12-7-6-9-2-4-10(8-11)5-3-9/h2-5,7H,6H2,1H3. The first kappa shape index (κ1) is 8.76. The maximum atomic E-state index is 8.52. The highest BCUT2D eigenvalue weighted by molar-refractivity contribution is 5.31. The van der Waals surface area contributed by atoms with Crippen LogP contribution in [-0.2, 0) is 11.2 Å². The molecular formula is C10H10NO. The Morgan fingerprint density at radius 2 is 2.08 bits per heavy atom. The van der Waals surface area contributed by atoms with Gasteiger partial charge in [0, 0.05) is 13.5 Å². The smallest absolute Gasteiger partial charge is 0.0991 e. The maximum Gasteiger partial charge on any atom is 0.0991 e. The van der Waals surface area contributed by atoms with Crippen molar-refractivity contribution in [3.8, 4) is 6.07 Å². The van der Waals surface area contributed by atoms with Gasteiger partial charge in [-0.25, -0.2) is 0 Å². The van der Waals surface area contributed by atoms with E-state index in [0.717, 1.165) is 12.0 Å². The molecule has 1 aromatic carbocycles. The van der Waals surface area contributed by atoms with E-state index in [4.69, 9.17) is 10.00 Å². The number of nitrogens with zero attached hydrogens (tertiary/aromatic N) is 1. The summed E-state index contributed by atoms with van der Waals surface area (Å²) >= 11 is 0. The van der Waals surface area contributed by atoms with Crippen LogP contribution in [0.5, 0.6) is 0 Å². The molecule has 2 nitrogen and oxygen atoms in total. The van der Waals surface area contributed by atoms with Crippen molar-refractivity contribution in [3.05, 3.63) is 42.0 Å². The van der Waals surface area contributed by atoms with Gasteiger partial charge in [-0.05, 0) is 17.7 Å². The minimum absolute atomic E-state index is 0.691. The number of methoxy groups -OCH3 is 1. The van der Waals surface area contributed by atoms with Crippen molar-refractivity contribution in [2.45, 2.75) is 6.42 Å². The van der Waals surface area contributed by atoms with Crippen molar-refractivity contribution in [1.82, 2.24) is 0 Å². The SMILES string of the molecule is CO[CH]Cc1ccc(C#N)cc1. The fraction of sp³-hybridized carbons (Fsp3) is 0.200. The number of rotatable bonds is 3. The third kappa shape index (κ3) is 2.37. The molecule has 1 aromatic rings. The summed E-state index contributed by atoms with van der Waals surface area (Å²) in [5, 5.41) is 8.52. The number of hydrogen-bond donors (Lipinski definition) is 0. The summed E-state index contributed by atoms with van der Waals surface area (Å²) in [6.45, 7) is 1.72. The highest BCUT2D eigenvalue weighted by Gasteiger charge is 1.93. The Labute approximate surface area is 72.4 Å². The van der Waals surface area contributed by atoms with Gasteiger partial charge in [0.2, 0.25) is 0 Å². The van der Waals surface area contributed by atoms with E-state index < -0.39 is 0 Å². The molecule has 1 rings (SSSR count). The van der Waals surface area contributed by atoms with E-state index in [-0.39, 0.29) is 0 Å². The Hall–Kier alpha value is -1.33. The summed E-state index contributed by atoms with van der Waals surface area (Å²) in [6.07, 6.45) is 0.780. The molecule has 2 heteroatoms. The quantitative estimate of drug-likeness (QED) is 0.676. The molecule has 0 saturated heterocycles. The molecule has 0 atom stereocenters. The topological polar surface area (TPSA) is 33.0 Å². The predicted octanol–water partition coefficient (Wildman–Crippen LogP) is 1.91. The molecule has 0 unspecified atom stereocenters. The molecule has 12 heavy (non-hydrogen) atoms. The lowest BCUT2D eigenvalue weighted by Crippen LogP contribution is -1.87. The lowest BCUT2D eigenvalue weighted by atomic mass is 10.1. The fourth-order valence-corrected chi connectivity index (χ4v) is 0.895. The van der Waals surface area contributed by atoms with Gasteiger partial charge < -0.3 is 4.74 Å². The van der Waals surface area contributed by atoms with Crippen molar-refractivity contribution in [1.29, 1.82) is 5.26 Å². The van der Waals surface area contributed by atoms with Crippen LogP contribution in [0.3, 0.4) is 0 Å². The van der Waals surface area contributed by atoms with Crippen LogP contribution in [0.25, 0.3) is 0 Å². The Morgan fingerprint density at radius 3 is 2.58 bits per heavy atom. The van der Waals surface area contributed by atoms with Crippen LogP contribution in [0.1, 0.15) is 11.1 Å². The number of ether oxygens (including phenoxy) is 1. The molecule has 0 aliphatic carbocycles. The lowest BCUT2D eigenvalue weighted by molar-refractivity contribution is 0.271. The first-order valence-electron chi connectivity index (χ1n) is 3.70. The van der Waals surface area contributed by atoms with Crippen LogP contribution in [0, 0.1) is 17.9 Å². The molecule has 0 aliphatic rings. The van der Waals surface area contributed by atoms with Gasteiger partial charge in [-0.1, -0.05) is 12.1 Å². The van der Waals surface area contributed by atoms with Gasteiger partial charge in [-0.2, -0.15) is 5.26 Å². The normalized spacial score (nSPS) is 9.33. The zero-order valence-electron chi connectivity index (χ0n) is 6.95.